The quantitative estimate of drug-likeness (QED) is 0.895. The zero-order chi connectivity index (χ0) is 13.9. The summed E-state index contributed by atoms with van der Waals surface area (Å²) in [6.07, 6.45) is 1.34. The Morgan fingerprint density at radius 2 is 2.05 bits per heavy atom. The van der Waals surface area contributed by atoms with E-state index < -0.39 is 16.1 Å². The molecular weight excluding hydrogens is 273 g/mol. The highest BCUT2D eigenvalue weighted by atomic mass is 32.2. The van der Waals surface area contributed by atoms with E-state index in [0.717, 1.165) is 6.26 Å². The zero-order valence-electron chi connectivity index (χ0n) is 10.5. The number of hydrogen-bond acceptors (Lipinski definition) is 4. The summed E-state index contributed by atoms with van der Waals surface area (Å²) in [5.41, 5.74) is 0. The highest BCUT2D eigenvalue weighted by Gasteiger charge is 2.29. The summed E-state index contributed by atoms with van der Waals surface area (Å²) in [5, 5.41) is 0. The monoisotopic (exact) mass is 289 g/mol. The van der Waals surface area contributed by atoms with Gasteiger partial charge < -0.3 is 9.47 Å². The summed E-state index contributed by atoms with van der Waals surface area (Å²) in [5.74, 6) is 0.165. The highest BCUT2D eigenvalue weighted by molar-refractivity contribution is 7.88. The topological polar surface area (TPSA) is 64.6 Å². The van der Waals surface area contributed by atoms with Gasteiger partial charge >= 0.3 is 0 Å². The lowest BCUT2D eigenvalue weighted by molar-refractivity contribution is 0.00324. The van der Waals surface area contributed by atoms with Crippen LogP contribution in [0.1, 0.15) is 6.42 Å². The maximum absolute atomic E-state index is 12.8. The summed E-state index contributed by atoms with van der Waals surface area (Å²) in [6.45, 7) is 0.771. The molecule has 1 aromatic rings. The van der Waals surface area contributed by atoms with Gasteiger partial charge in [0.25, 0.3) is 0 Å². The molecule has 2 rings (SSSR count). The molecular formula is C12H16FNO4S. The zero-order valence-corrected chi connectivity index (χ0v) is 11.3. The molecule has 2 atom stereocenters. The molecule has 1 aliphatic heterocycles. The van der Waals surface area contributed by atoms with E-state index in [0.29, 0.717) is 18.8 Å². The normalized spacial score (nSPS) is 24.1. The van der Waals surface area contributed by atoms with E-state index in [9.17, 15) is 12.8 Å². The highest BCUT2D eigenvalue weighted by Crippen LogP contribution is 2.19. The third kappa shape index (κ3) is 4.45. The standard InChI is InChI=1S/C12H16FNO4S/c1-19(15,16)14-11-8-17-7-6-12(11)18-10-4-2-9(13)3-5-10/h2-5,11-12,14H,6-8H2,1H3/t11-,12+/m1/s1. The Bertz CT molecular complexity index is 517. The summed E-state index contributed by atoms with van der Waals surface area (Å²) in [4.78, 5) is 0. The van der Waals surface area contributed by atoms with Crippen molar-refractivity contribution in [2.45, 2.75) is 18.6 Å². The molecule has 1 saturated heterocycles. The van der Waals surface area contributed by atoms with Gasteiger partial charge in [-0.05, 0) is 24.3 Å². The Labute approximate surface area is 111 Å². The van der Waals surface area contributed by atoms with E-state index in [1.165, 1.54) is 24.3 Å². The van der Waals surface area contributed by atoms with E-state index in [4.69, 9.17) is 9.47 Å². The number of rotatable bonds is 4. The fraction of sp³-hybridized carbons (Fsp3) is 0.500. The molecule has 0 saturated carbocycles. The lowest BCUT2D eigenvalue weighted by atomic mass is 10.1. The van der Waals surface area contributed by atoms with Crippen molar-refractivity contribution in [1.82, 2.24) is 4.72 Å². The molecule has 7 heteroatoms. The molecule has 0 spiro atoms. The Kier molecular flexibility index (Phi) is 4.38. The lowest BCUT2D eigenvalue weighted by Gasteiger charge is -2.31. The molecule has 5 nitrogen and oxygen atoms in total. The van der Waals surface area contributed by atoms with E-state index in [1.54, 1.807) is 0 Å². The van der Waals surface area contributed by atoms with Gasteiger partial charge in [-0.1, -0.05) is 0 Å². The summed E-state index contributed by atoms with van der Waals surface area (Å²) in [7, 11) is -3.33. The van der Waals surface area contributed by atoms with Crippen molar-refractivity contribution in [2.24, 2.45) is 0 Å². The second kappa shape index (κ2) is 5.85. The second-order valence-electron chi connectivity index (χ2n) is 4.47. The van der Waals surface area contributed by atoms with Gasteiger partial charge in [-0.2, -0.15) is 0 Å². The van der Waals surface area contributed by atoms with E-state index in [2.05, 4.69) is 4.72 Å². The lowest BCUT2D eigenvalue weighted by Crippen LogP contribution is -2.51. The van der Waals surface area contributed by atoms with Crippen LogP contribution in [0.25, 0.3) is 0 Å². The average molecular weight is 289 g/mol. The molecule has 1 heterocycles. The number of nitrogens with one attached hydrogen (secondary N) is 1. The van der Waals surface area contributed by atoms with Crippen LogP contribution in [0.5, 0.6) is 5.75 Å². The van der Waals surface area contributed by atoms with Gasteiger partial charge in [0.1, 0.15) is 17.7 Å². The maximum Gasteiger partial charge on any atom is 0.209 e. The molecule has 0 aliphatic carbocycles. The fourth-order valence-corrected chi connectivity index (χ4v) is 2.70. The molecule has 0 unspecified atom stereocenters. The fourth-order valence-electron chi connectivity index (χ4n) is 1.93. The summed E-state index contributed by atoms with van der Waals surface area (Å²) >= 11 is 0. The molecule has 1 aliphatic rings. The van der Waals surface area contributed by atoms with E-state index in [-0.39, 0.29) is 18.5 Å². The maximum atomic E-state index is 12.8. The van der Waals surface area contributed by atoms with Crippen molar-refractivity contribution in [1.29, 1.82) is 0 Å². The minimum absolute atomic E-state index is 0.263. The third-order valence-corrected chi connectivity index (χ3v) is 3.49. The second-order valence-corrected chi connectivity index (χ2v) is 6.25. The van der Waals surface area contributed by atoms with E-state index in [1.807, 2.05) is 0 Å². The summed E-state index contributed by atoms with van der Waals surface area (Å²) in [6, 6.07) is 5.19. The largest absolute Gasteiger partial charge is 0.489 e. The Hall–Kier alpha value is -1.18. The van der Waals surface area contributed by atoms with Crippen LogP contribution in [0.4, 0.5) is 4.39 Å². The number of sulfonamides is 1. The van der Waals surface area contributed by atoms with Crippen LogP contribution in [-0.4, -0.2) is 40.0 Å². The van der Waals surface area contributed by atoms with Crippen molar-refractivity contribution < 1.29 is 22.3 Å². The molecule has 19 heavy (non-hydrogen) atoms. The van der Waals surface area contributed by atoms with Crippen molar-refractivity contribution in [3.05, 3.63) is 30.1 Å². The first-order valence-electron chi connectivity index (χ1n) is 5.91. The first-order chi connectivity index (χ1) is 8.94. The van der Waals surface area contributed by atoms with Gasteiger partial charge in [-0.25, -0.2) is 17.5 Å². The van der Waals surface area contributed by atoms with E-state index >= 15 is 0 Å². The molecule has 1 fully saturated rings. The van der Waals surface area contributed by atoms with Crippen LogP contribution in [0.15, 0.2) is 24.3 Å². The molecule has 1 N–H and O–H groups in total. The minimum Gasteiger partial charge on any atom is -0.489 e. The Morgan fingerprint density at radius 3 is 2.68 bits per heavy atom. The third-order valence-electron chi connectivity index (χ3n) is 2.76. The van der Waals surface area contributed by atoms with Crippen molar-refractivity contribution >= 4 is 10.0 Å². The average Bonchev–Trinajstić information content (AvgIpc) is 2.33. The first kappa shape index (κ1) is 14.2. The van der Waals surface area contributed by atoms with Crippen LogP contribution in [0.3, 0.4) is 0 Å². The van der Waals surface area contributed by atoms with Crippen LogP contribution in [0, 0.1) is 5.82 Å². The number of benzene rings is 1. The van der Waals surface area contributed by atoms with Gasteiger partial charge in [0, 0.05) is 6.42 Å². The Morgan fingerprint density at radius 1 is 1.37 bits per heavy atom. The van der Waals surface area contributed by atoms with Crippen LogP contribution < -0.4 is 9.46 Å². The van der Waals surface area contributed by atoms with Gasteiger partial charge in [0.05, 0.1) is 25.5 Å². The predicted molar refractivity (Wildman–Crippen MR) is 68.0 cm³/mol. The first-order valence-corrected chi connectivity index (χ1v) is 7.80. The van der Waals surface area contributed by atoms with Crippen LogP contribution >= 0.6 is 0 Å². The van der Waals surface area contributed by atoms with Gasteiger partial charge in [0.2, 0.25) is 10.0 Å². The molecule has 0 radical (unpaired) electrons. The van der Waals surface area contributed by atoms with Crippen LogP contribution in [-0.2, 0) is 14.8 Å². The SMILES string of the molecule is CS(=O)(=O)N[C@@H]1COCC[C@@H]1Oc1ccc(F)cc1. The number of halogens is 1. The van der Waals surface area contributed by atoms with Crippen LogP contribution in [0.2, 0.25) is 0 Å². The van der Waals surface area contributed by atoms with Crippen molar-refractivity contribution in [3.8, 4) is 5.75 Å². The molecule has 0 aromatic heterocycles. The van der Waals surface area contributed by atoms with Crippen molar-refractivity contribution in [2.75, 3.05) is 19.5 Å². The number of ether oxygens (including phenoxy) is 2. The van der Waals surface area contributed by atoms with Gasteiger partial charge in [-0.3, -0.25) is 0 Å². The Balaban J connectivity index is 2.05. The molecule has 1 aromatic carbocycles. The van der Waals surface area contributed by atoms with Crippen molar-refractivity contribution in [3.63, 3.8) is 0 Å². The minimum atomic E-state index is -3.33. The molecule has 106 valence electrons. The smallest absolute Gasteiger partial charge is 0.209 e. The molecule has 0 bridgehead atoms. The predicted octanol–water partition coefficient (Wildman–Crippen LogP) is 0.911. The van der Waals surface area contributed by atoms with Gasteiger partial charge in [-0.15, -0.1) is 0 Å². The summed E-state index contributed by atoms with van der Waals surface area (Å²) < 4.78 is 48.8. The number of hydrogen-bond donors (Lipinski definition) is 1. The van der Waals surface area contributed by atoms with Gasteiger partial charge in [0.15, 0.2) is 0 Å². The molecule has 0 amide bonds.